The van der Waals surface area contributed by atoms with Crippen LogP contribution in [0.1, 0.15) is 25.8 Å². The first-order valence-electron chi connectivity index (χ1n) is 6.24. The maximum absolute atomic E-state index is 11.7. The summed E-state index contributed by atoms with van der Waals surface area (Å²) in [4.78, 5) is 11.7. The van der Waals surface area contributed by atoms with Gasteiger partial charge in [0.15, 0.2) is 0 Å². The van der Waals surface area contributed by atoms with Gasteiger partial charge >= 0.3 is 0 Å². The normalized spacial score (nSPS) is 14.2. The van der Waals surface area contributed by atoms with Crippen LogP contribution in [0.3, 0.4) is 0 Å². The minimum absolute atomic E-state index is 0.105. The maximum atomic E-state index is 11.7. The van der Waals surface area contributed by atoms with Gasteiger partial charge in [-0.2, -0.15) is 0 Å². The highest BCUT2D eigenvalue weighted by molar-refractivity contribution is 7.13. The third-order valence-electron chi connectivity index (χ3n) is 2.80. The van der Waals surface area contributed by atoms with Gasteiger partial charge in [0.2, 0.25) is 0 Å². The van der Waals surface area contributed by atoms with E-state index in [9.17, 15) is 4.79 Å². The number of carbonyl (C=O) groups excluding carboxylic acids is 1. The van der Waals surface area contributed by atoms with Crippen LogP contribution in [-0.4, -0.2) is 18.4 Å². The summed E-state index contributed by atoms with van der Waals surface area (Å²) in [5.74, 6) is 0.475. The molecule has 0 aliphatic carbocycles. The lowest BCUT2D eigenvalue weighted by Gasteiger charge is -2.14. The van der Waals surface area contributed by atoms with Gasteiger partial charge in [-0.15, -0.1) is 0 Å². The summed E-state index contributed by atoms with van der Waals surface area (Å²) < 4.78 is 5.62. The van der Waals surface area contributed by atoms with Crippen molar-refractivity contribution < 1.29 is 9.53 Å². The highest BCUT2D eigenvalue weighted by Gasteiger charge is 2.14. The van der Waals surface area contributed by atoms with E-state index in [0.29, 0.717) is 19.6 Å². The first-order valence-corrected chi connectivity index (χ1v) is 6.81. The summed E-state index contributed by atoms with van der Waals surface area (Å²) in [6, 6.07) is 9.95. The Kier molecular flexibility index (Phi) is 7.11. The molecule has 0 fully saturated rings. The molecule has 0 radical (unpaired) electrons. The second-order valence-electron chi connectivity index (χ2n) is 4.66. The molecule has 1 rings (SSSR count). The molecule has 1 aromatic carbocycles. The number of rotatable bonds is 8. The average molecular weight is 267 g/mol. The van der Waals surface area contributed by atoms with E-state index in [0.717, 1.165) is 5.56 Å². The molecule has 0 saturated carbocycles. The van der Waals surface area contributed by atoms with Crippen LogP contribution in [0.2, 0.25) is 0 Å². The van der Waals surface area contributed by atoms with E-state index in [4.69, 9.17) is 4.74 Å². The molecule has 0 spiro atoms. The highest BCUT2D eigenvalue weighted by Crippen LogP contribution is 2.08. The van der Waals surface area contributed by atoms with Gasteiger partial charge in [0.05, 0.1) is 12.6 Å². The monoisotopic (exact) mass is 267 g/mol. The fourth-order valence-electron chi connectivity index (χ4n) is 1.62. The maximum Gasteiger partial charge on any atom is 0.150 e. The first kappa shape index (κ1) is 15.3. The van der Waals surface area contributed by atoms with Crippen LogP contribution in [0.15, 0.2) is 30.3 Å². The summed E-state index contributed by atoms with van der Waals surface area (Å²) in [6.45, 7) is 5.13. The molecule has 0 bridgehead atoms. The van der Waals surface area contributed by atoms with E-state index < -0.39 is 0 Å². The van der Waals surface area contributed by atoms with Crippen LogP contribution in [0.4, 0.5) is 0 Å². The second kappa shape index (κ2) is 8.36. The molecule has 3 nitrogen and oxygen atoms in total. The Morgan fingerprint density at radius 1 is 1.33 bits per heavy atom. The summed E-state index contributed by atoms with van der Waals surface area (Å²) in [5.41, 5.74) is 1.16. The zero-order chi connectivity index (χ0) is 13.4. The van der Waals surface area contributed by atoms with Crippen LogP contribution in [-0.2, 0) is 16.1 Å². The molecule has 18 heavy (non-hydrogen) atoms. The Morgan fingerprint density at radius 2 is 2.00 bits per heavy atom. The van der Waals surface area contributed by atoms with Gasteiger partial charge in [-0.1, -0.05) is 46.6 Å². The quantitative estimate of drug-likeness (QED) is 0.736. The molecule has 3 atom stereocenters. The molecule has 0 aromatic heterocycles. The van der Waals surface area contributed by atoms with E-state index in [1.54, 1.807) is 0 Å². The topological polar surface area (TPSA) is 38.3 Å². The minimum atomic E-state index is -0.105. The SMILES string of the molecule is CC(COCc1ccccc1)CC(=O)C(C)NP. The van der Waals surface area contributed by atoms with Gasteiger partial charge in [-0.05, 0) is 18.4 Å². The molecule has 100 valence electrons. The van der Waals surface area contributed by atoms with Crippen molar-refractivity contribution >= 4 is 15.2 Å². The Hall–Kier alpha value is -0.760. The number of hydrogen-bond acceptors (Lipinski definition) is 3. The van der Waals surface area contributed by atoms with Gasteiger partial charge < -0.3 is 4.74 Å². The fraction of sp³-hybridized carbons (Fsp3) is 0.500. The van der Waals surface area contributed by atoms with Crippen molar-refractivity contribution in [3.05, 3.63) is 35.9 Å². The zero-order valence-electron chi connectivity index (χ0n) is 11.1. The molecule has 0 amide bonds. The standard InChI is InChI=1S/C14H22NO2P/c1-11(8-14(16)12(2)15-18)9-17-10-13-6-4-3-5-7-13/h3-7,11-12,15H,8-10,18H2,1-2H3. The molecule has 3 unspecified atom stereocenters. The van der Waals surface area contributed by atoms with Gasteiger partial charge in [0, 0.05) is 13.0 Å². The number of hydrogen-bond donors (Lipinski definition) is 1. The van der Waals surface area contributed by atoms with Crippen molar-refractivity contribution in [1.82, 2.24) is 5.09 Å². The molecule has 0 saturated heterocycles. The molecule has 1 aromatic rings. The molecule has 0 aliphatic rings. The number of benzene rings is 1. The third-order valence-corrected chi connectivity index (χ3v) is 3.30. The van der Waals surface area contributed by atoms with Crippen LogP contribution in [0.25, 0.3) is 0 Å². The van der Waals surface area contributed by atoms with Crippen molar-refractivity contribution in [3.8, 4) is 0 Å². The van der Waals surface area contributed by atoms with E-state index in [-0.39, 0.29) is 17.7 Å². The molecular formula is C14H22NO2P. The third kappa shape index (κ3) is 5.72. The zero-order valence-corrected chi connectivity index (χ0v) is 12.2. The Balaban J connectivity index is 2.21. The Labute approximate surface area is 112 Å². The van der Waals surface area contributed by atoms with Gasteiger partial charge in [-0.3, -0.25) is 9.88 Å². The van der Waals surface area contributed by atoms with Crippen LogP contribution < -0.4 is 5.09 Å². The highest BCUT2D eigenvalue weighted by atomic mass is 31.0. The number of ketones is 1. The lowest BCUT2D eigenvalue weighted by Crippen LogP contribution is -2.28. The molecular weight excluding hydrogens is 245 g/mol. The second-order valence-corrected chi connectivity index (χ2v) is 5.00. The fourth-order valence-corrected chi connectivity index (χ4v) is 1.81. The van der Waals surface area contributed by atoms with Gasteiger partial charge in [0.1, 0.15) is 5.78 Å². The van der Waals surface area contributed by atoms with E-state index >= 15 is 0 Å². The molecule has 0 heterocycles. The van der Waals surface area contributed by atoms with Crippen molar-refractivity contribution in [2.24, 2.45) is 5.92 Å². The van der Waals surface area contributed by atoms with E-state index in [2.05, 4.69) is 14.5 Å². The largest absolute Gasteiger partial charge is 0.376 e. The van der Waals surface area contributed by atoms with E-state index in [1.807, 2.05) is 44.2 Å². The van der Waals surface area contributed by atoms with Crippen LogP contribution in [0.5, 0.6) is 0 Å². The Bertz CT molecular complexity index is 356. The van der Waals surface area contributed by atoms with Crippen LogP contribution in [0, 0.1) is 5.92 Å². The number of carbonyl (C=O) groups is 1. The number of Topliss-reactive ketones (excluding diaryl/α,β-unsaturated/α-hetero) is 1. The van der Waals surface area contributed by atoms with Crippen molar-refractivity contribution in [2.75, 3.05) is 6.61 Å². The summed E-state index contributed by atoms with van der Waals surface area (Å²) in [5, 5.41) is 2.88. The van der Waals surface area contributed by atoms with Gasteiger partial charge in [-0.25, -0.2) is 0 Å². The summed E-state index contributed by atoms with van der Waals surface area (Å²) in [7, 11) is 2.37. The minimum Gasteiger partial charge on any atom is -0.376 e. The smallest absolute Gasteiger partial charge is 0.150 e. The lowest BCUT2D eigenvalue weighted by molar-refractivity contribution is -0.121. The number of nitrogens with one attached hydrogen (secondary N) is 1. The predicted molar refractivity (Wildman–Crippen MR) is 77.2 cm³/mol. The van der Waals surface area contributed by atoms with Crippen molar-refractivity contribution in [3.63, 3.8) is 0 Å². The molecule has 4 heteroatoms. The van der Waals surface area contributed by atoms with Gasteiger partial charge in [0.25, 0.3) is 0 Å². The molecule has 0 aliphatic heterocycles. The summed E-state index contributed by atoms with van der Waals surface area (Å²) in [6.07, 6.45) is 0.553. The van der Waals surface area contributed by atoms with Crippen molar-refractivity contribution in [1.29, 1.82) is 0 Å². The van der Waals surface area contributed by atoms with Crippen molar-refractivity contribution in [2.45, 2.75) is 32.9 Å². The Morgan fingerprint density at radius 3 is 2.61 bits per heavy atom. The molecule has 1 N–H and O–H groups in total. The first-order chi connectivity index (χ1) is 8.63. The van der Waals surface area contributed by atoms with E-state index in [1.165, 1.54) is 0 Å². The summed E-state index contributed by atoms with van der Waals surface area (Å²) >= 11 is 0. The predicted octanol–water partition coefficient (Wildman–Crippen LogP) is 2.57. The average Bonchev–Trinajstić information content (AvgIpc) is 2.38. The number of ether oxygens (including phenoxy) is 1. The lowest BCUT2D eigenvalue weighted by atomic mass is 10.0. The van der Waals surface area contributed by atoms with Crippen LogP contribution >= 0.6 is 9.39 Å².